The van der Waals surface area contributed by atoms with Crippen molar-refractivity contribution in [1.82, 2.24) is 14.3 Å². The molecule has 1 aliphatic carbocycles. The highest BCUT2D eigenvalue weighted by molar-refractivity contribution is 7.82. The monoisotopic (exact) mass is 582 g/mol. The zero-order valence-electron chi connectivity index (χ0n) is 21.6. The van der Waals surface area contributed by atoms with Crippen LogP contribution < -0.4 is 10.5 Å². The lowest BCUT2D eigenvalue weighted by atomic mass is 9.85. The molecular weight excluding hydrogens is 555 g/mol. The minimum atomic E-state index is -2.92. The number of nitrogens with one attached hydrogen (secondary N) is 1. The van der Waals surface area contributed by atoms with Gasteiger partial charge in [-0.2, -0.15) is 0 Å². The number of aromatic nitrogens is 2. The zero-order valence-corrected chi connectivity index (χ0v) is 22.4. The van der Waals surface area contributed by atoms with Gasteiger partial charge in [-0.25, -0.2) is 30.5 Å². The first kappa shape index (κ1) is 29.5. The summed E-state index contributed by atoms with van der Waals surface area (Å²) in [7, 11) is -2.92. The van der Waals surface area contributed by atoms with Crippen LogP contribution >= 0.6 is 0 Å². The number of anilines is 1. The molecule has 0 aliphatic heterocycles. The first-order valence-electron chi connectivity index (χ1n) is 12.7. The number of aromatic amines is 1. The van der Waals surface area contributed by atoms with Gasteiger partial charge in [0.15, 0.2) is 23.3 Å². The SMILES string of the molecule is CCN(CC(=O)N(Cc1ccc(C2CCCCC2)cn1)c1cc[nH]c(=O)c1)S(=O)c1c(F)c(F)c(F)c(F)c1F. The molecule has 1 unspecified atom stereocenters. The van der Waals surface area contributed by atoms with Crippen LogP contribution in [0.3, 0.4) is 0 Å². The van der Waals surface area contributed by atoms with E-state index in [0.29, 0.717) is 11.6 Å². The van der Waals surface area contributed by atoms with Gasteiger partial charge in [0.25, 0.3) is 0 Å². The minimum Gasteiger partial charge on any atom is -0.329 e. The molecule has 0 radical (unpaired) electrons. The summed E-state index contributed by atoms with van der Waals surface area (Å²) >= 11 is 0. The fraction of sp³-hybridized carbons (Fsp3) is 0.370. The predicted molar refractivity (Wildman–Crippen MR) is 138 cm³/mol. The molecule has 0 bridgehead atoms. The first-order valence-corrected chi connectivity index (χ1v) is 13.8. The average Bonchev–Trinajstić information content (AvgIpc) is 2.97. The van der Waals surface area contributed by atoms with Gasteiger partial charge in [-0.15, -0.1) is 0 Å². The second kappa shape index (κ2) is 12.8. The summed E-state index contributed by atoms with van der Waals surface area (Å²) < 4.78 is 83.4. The van der Waals surface area contributed by atoms with Gasteiger partial charge in [0.05, 0.1) is 24.5 Å². The van der Waals surface area contributed by atoms with Crippen molar-refractivity contribution in [1.29, 1.82) is 0 Å². The van der Waals surface area contributed by atoms with Crippen molar-refractivity contribution in [2.75, 3.05) is 18.0 Å². The second-order valence-electron chi connectivity index (χ2n) is 9.41. The van der Waals surface area contributed by atoms with Crippen LogP contribution in [-0.4, -0.2) is 37.5 Å². The van der Waals surface area contributed by atoms with E-state index in [1.165, 1.54) is 30.5 Å². The number of nitrogens with zero attached hydrogens (tertiary/aromatic N) is 3. The number of carbonyl (C=O) groups is 1. The highest BCUT2D eigenvalue weighted by Gasteiger charge is 2.33. The highest BCUT2D eigenvalue weighted by Crippen LogP contribution is 2.32. The molecule has 1 saturated carbocycles. The summed E-state index contributed by atoms with van der Waals surface area (Å²) in [6.45, 7) is 0.339. The largest absolute Gasteiger partial charge is 0.329 e. The molecule has 2 aromatic heterocycles. The van der Waals surface area contributed by atoms with Crippen molar-refractivity contribution in [2.24, 2.45) is 0 Å². The molecule has 4 rings (SSSR count). The molecule has 3 aromatic rings. The Bertz CT molecular complexity index is 1430. The van der Waals surface area contributed by atoms with E-state index >= 15 is 0 Å². The van der Waals surface area contributed by atoms with Crippen molar-refractivity contribution in [3.8, 4) is 0 Å². The number of pyridine rings is 2. The van der Waals surface area contributed by atoms with Crippen LogP contribution in [0.25, 0.3) is 0 Å². The second-order valence-corrected chi connectivity index (χ2v) is 10.8. The lowest BCUT2D eigenvalue weighted by Gasteiger charge is -2.26. The van der Waals surface area contributed by atoms with Gasteiger partial charge in [0.1, 0.15) is 15.9 Å². The number of carbonyl (C=O) groups excluding carboxylic acids is 1. The fourth-order valence-electron chi connectivity index (χ4n) is 4.68. The van der Waals surface area contributed by atoms with E-state index in [9.17, 15) is 35.8 Å². The Kier molecular flexibility index (Phi) is 9.46. The third-order valence-electron chi connectivity index (χ3n) is 6.86. The molecule has 214 valence electrons. The maximum Gasteiger partial charge on any atom is 0.249 e. The summed E-state index contributed by atoms with van der Waals surface area (Å²) in [5, 5.41) is 0. The molecule has 1 amide bonds. The van der Waals surface area contributed by atoms with E-state index < -0.39 is 63.0 Å². The molecular formula is C27H27F5N4O3S. The van der Waals surface area contributed by atoms with E-state index in [4.69, 9.17) is 0 Å². The Morgan fingerprint density at radius 1 is 1.00 bits per heavy atom. The van der Waals surface area contributed by atoms with Crippen molar-refractivity contribution in [3.63, 3.8) is 0 Å². The Hall–Kier alpha value is -3.45. The molecule has 7 nitrogen and oxygen atoms in total. The van der Waals surface area contributed by atoms with Crippen LogP contribution in [0.2, 0.25) is 0 Å². The number of amides is 1. The Labute approximate surface area is 229 Å². The van der Waals surface area contributed by atoms with E-state index in [1.807, 2.05) is 6.07 Å². The predicted octanol–water partition coefficient (Wildman–Crippen LogP) is 5.09. The molecule has 1 N–H and O–H groups in total. The van der Waals surface area contributed by atoms with Gasteiger partial charge in [-0.1, -0.05) is 32.3 Å². The lowest BCUT2D eigenvalue weighted by molar-refractivity contribution is -0.118. The molecule has 1 aromatic carbocycles. The molecule has 0 saturated heterocycles. The fourth-order valence-corrected chi connectivity index (χ4v) is 5.89. The van der Waals surface area contributed by atoms with E-state index in [1.54, 1.807) is 12.3 Å². The zero-order chi connectivity index (χ0) is 29.0. The van der Waals surface area contributed by atoms with Gasteiger partial charge in [0.2, 0.25) is 17.3 Å². The maximum atomic E-state index is 14.3. The number of benzene rings is 1. The number of likely N-dealkylation sites (N-methyl/N-ethyl adjacent to an activating group) is 1. The van der Waals surface area contributed by atoms with Gasteiger partial charge in [-0.3, -0.25) is 14.6 Å². The van der Waals surface area contributed by atoms with Crippen molar-refractivity contribution in [2.45, 2.75) is 56.4 Å². The first-order chi connectivity index (χ1) is 19.1. The Balaban J connectivity index is 1.60. The molecule has 40 heavy (non-hydrogen) atoms. The van der Waals surface area contributed by atoms with E-state index in [-0.39, 0.29) is 18.8 Å². The minimum absolute atomic E-state index is 0.0973. The summed E-state index contributed by atoms with van der Waals surface area (Å²) in [6, 6.07) is 6.32. The summed E-state index contributed by atoms with van der Waals surface area (Å²) in [6.07, 6.45) is 8.73. The summed E-state index contributed by atoms with van der Waals surface area (Å²) in [5.41, 5.74) is 1.24. The maximum absolute atomic E-state index is 14.3. The quantitative estimate of drug-likeness (QED) is 0.216. The summed E-state index contributed by atoms with van der Waals surface area (Å²) in [4.78, 5) is 32.0. The molecule has 2 heterocycles. The van der Waals surface area contributed by atoms with Crippen LogP contribution in [0.1, 0.15) is 56.2 Å². The van der Waals surface area contributed by atoms with Crippen molar-refractivity contribution < 1.29 is 31.0 Å². The van der Waals surface area contributed by atoms with E-state index in [2.05, 4.69) is 9.97 Å². The van der Waals surface area contributed by atoms with Crippen LogP contribution in [0.15, 0.2) is 46.3 Å². The number of halogens is 5. The molecule has 1 fully saturated rings. The molecule has 13 heteroatoms. The third-order valence-corrected chi connectivity index (χ3v) is 8.42. The number of hydrogen-bond acceptors (Lipinski definition) is 4. The van der Waals surface area contributed by atoms with Gasteiger partial charge >= 0.3 is 0 Å². The Morgan fingerprint density at radius 2 is 1.65 bits per heavy atom. The van der Waals surface area contributed by atoms with Crippen LogP contribution in [0, 0.1) is 29.1 Å². The van der Waals surface area contributed by atoms with Crippen LogP contribution in [0.4, 0.5) is 27.6 Å². The van der Waals surface area contributed by atoms with E-state index in [0.717, 1.165) is 41.6 Å². The number of rotatable bonds is 9. The molecule has 0 spiro atoms. The molecule has 1 aliphatic rings. The number of H-pyrrole nitrogens is 1. The topological polar surface area (TPSA) is 86.4 Å². The normalized spacial score (nSPS) is 14.9. The van der Waals surface area contributed by atoms with Crippen LogP contribution in [0.5, 0.6) is 0 Å². The van der Waals surface area contributed by atoms with Crippen LogP contribution in [-0.2, 0) is 22.3 Å². The highest BCUT2D eigenvalue weighted by atomic mass is 32.2. The van der Waals surface area contributed by atoms with Gasteiger partial charge in [-0.05, 0) is 36.5 Å². The lowest BCUT2D eigenvalue weighted by Crippen LogP contribution is -2.41. The van der Waals surface area contributed by atoms with Crippen molar-refractivity contribution in [3.05, 3.63) is 87.4 Å². The van der Waals surface area contributed by atoms with Gasteiger partial charge < -0.3 is 9.88 Å². The molecule has 1 atom stereocenters. The third kappa shape index (κ3) is 6.30. The number of hydrogen-bond donors (Lipinski definition) is 1. The summed E-state index contributed by atoms with van der Waals surface area (Å²) in [5.74, 6) is -11.7. The Morgan fingerprint density at radius 3 is 2.23 bits per heavy atom. The standard InChI is InChI=1S/C27H27F5N4O3S/c1-2-35(40(39)27-25(31)23(29)22(28)24(30)26(27)32)15-21(38)36(19-10-11-33-20(37)12-19)14-18-9-8-17(13-34-18)16-6-4-3-5-7-16/h8-13,16H,2-7,14-15H2,1H3,(H,33,37). The average molecular weight is 583 g/mol. The van der Waals surface area contributed by atoms with Gasteiger partial charge in [0, 0.05) is 25.0 Å². The smallest absolute Gasteiger partial charge is 0.249 e. The van der Waals surface area contributed by atoms with Crippen molar-refractivity contribution >= 4 is 22.6 Å².